The number of aryl methyl sites for hydroxylation is 1. The number of nitrogens with zero attached hydrogens (tertiary/aromatic N) is 1. The Morgan fingerprint density at radius 2 is 1.68 bits per heavy atom. The lowest BCUT2D eigenvalue weighted by Crippen LogP contribution is -2.53. The minimum atomic E-state index is -3.44. The maximum absolute atomic E-state index is 12.6. The lowest BCUT2D eigenvalue weighted by atomic mass is 9.90. The topological polar surface area (TPSA) is 49.4 Å². The van der Waals surface area contributed by atoms with Gasteiger partial charge in [0.2, 0.25) is 10.0 Å². The molecule has 22 heavy (non-hydrogen) atoms. The molecule has 0 radical (unpaired) electrons. The van der Waals surface area contributed by atoms with E-state index in [4.69, 9.17) is 0 Å². The highest BCUT2D eigenvalue weighted by atomic mass is 32.2. The van der Waals surface area contributed by atoms with Crippen molar-refractivity contribution in [3.63, 3.8) is 0 Å². The minimum absolute atomic E-state index is 0.0138. The van der Waals surface area contributed by atoms with Gasteiger partial charge in [-0.1, -0.05) is 44.4 Å². The van der Waals surface area contributed by atoms with Crippen LogP contribution in [0.25, 0.3) is 0 Å². The first-order chi connectivity index (χ1) is 10.5. The van der Waals surface area contributed by atoms with Gasteiger partial charge in [-0.3, -0.25) is 4.90 Å². The zero-order valence-electron chi connectivity index (χ0n) is 13.9. The van der Waals surface area contributed by atoms with Crippen LogP contribution >= 0.6 is 0 Å². The highest BCUT2D eigenvalue weighted by Crippen LogP contribution is 2.25. The Kier molecular flexibility index (Phi) is 6.01. The first-order valence-electron chi connectivity index (χ1n) is 8.31. The lowest BCUT2D eigenvalue weighted by Gasteiger charge is -2.39. The Hall–Kier alpha value is -0.910. The average Bonchev–Trinajstić information content (AvgIpc) is 2.50. The van der Waals surface area contributed by atoms with Crippen molar-refractivity contribution < 1.29 is 8.42 Å². The zero-order valence-corrected chi connectivity index (χ0v) is 14.7. The minimum Gasteiger partial charge on any atom is -0.299 e. The summed E-state index contributed by atoms with van der Waals surface area (Å²) in [6.45, 7) is 8.17. The van der Waals surface area contributed by atoms with Crippen LogP contribution in [0.5, 0.6) is 0 Å². The van der Waals surface area contributed by atoms with Crippen molar-refractivity contribution in [1.29, 1.82) is 0 Å². The molecule has 1 aromatic carbocycles. The molecule has 0 amide bonds. The van der Waals surface area contributed by atoms with Crippen molar-refractivity contribution in [1.82, 2.24) is 9.62 Å². The van der Waals surface area contributed by atoms with Gasteiger partial charge in [0.1, 0.15) is 0 Å². The largest absolute Gasteiger partial charge is 0.299 e. The van der Waals surface area contributed by atoms with Crippen LogP contribution in [0.4, 0.5) is 0 Å². The second-order valence-corrected chi connectivity index (χ2v) is 7.83. The summed E-state index contributed by atoms with van der Waals surface area (Å²) in [7, 11) is -3.44. The molecule has 4 nitrogen and oxygen atoms in total. The molecule has 2 rings (SSSR count). The molecule has 0 bridgehead atoms. The molecule has 1 aromatic rings. The van der Waals surface area contributed by atoms with Crippen molar-refractivity contribution in [2.24, 2.45) is 0 Å². The SMILES string of the molecule is CCN(CC)[C@@H]1CCCC[C@H]1NS(=O)(=O)c1ccc(C)cc1. The Morgan fingerprint density at radius 1 is 1.09 bits per heavy atom. The molecule has 1 saturated carbocycles. The summed E-state index contributed by atoms with van der Waals surface area (Å²) in [6.07, 6.45) is 4.28. The predicted molar refractivity (Wildman–Crippen MR) is 90.5 cm³/mol. The Balaban J connectivity index is 2.17. The number of sulfonamides is 1. The molecule has 2 atom stereocenters. The number of benzene rings is 1. The summed E-state index contributed by atoms with van der Waals surface area (Å²) in [5.74, 6) is 0. The highest BCUT2D eigenvalue weighted by molar-refractivity contribution is 7.89. The van der Waals surface area contributed by atoms with E-state index in [1.54, 1.807) is 12.1 Å². The van der Waals surface area contributed by atoms with Crippen LogP contribution in [0.2, 0.25) is 0 Å². The van der Waals surface area contributed by atoms with E-state index in [1.165, 1.54) is 6.42 Å². The van der Waals surface area contributed by atoms with E-state index >= 15 is 0 Å². The molecular weight excluding hydrogens is 296 g/mol. The molecule has 1 aliphatic carbocycles. The normalized spacial score (nSPS) is 22.9. The summed E-state index contributed by atoms with van der Waals surface area (Å²) in [4.78, 5) is 2.74. The van der Waals surface area contributed by atoms with Gasteiger partial charge in [0.15, 0.2) is 0 Å². The van der Waals surface area contributed by atoms with Gasteiger partial charge >= 0.3 is 0 Å². The van der Waals surface area contributed by atoms with E-state index in [1.807, 2.05) is 19.1 Å². The zero-order chi connectivity index (χ0) is 16.2. The molecule has 5 heteroatoms. The van der Waals surface area contributed by atoms with E-state index in [-0.39, 0.29) is 6.04 Å². The molecule has 124 valence electrons. The summed E-state index contributed by atoms with van der Waals surface area (Å²) < 4.78 is 28.2. The molecule has 1 N–H and O–H groups in total. The molecule has 0 aliphatic heterocycles. The molecular formula is C17H28N2O2S. The number of likely N-dealkylation sites (N-methyl/N-ethyl adjacent to an activating group) is 1. The van der Waals surface area contributed by atoms with Gasteiger partial charge in [-0.15, -0.1) is 0 Å². The maximum Gasteiger partial charge on any atom is 0.240 e. The van der Waals surface area contributed by atoms with E-state index in [0.717, 1.165) is 37.9 Å². The third-order valence-corrected chi connectivity index (χ3v) is 6.15. The van der Waals surface area contributed by atoms with Crippen LogP contribution in [-0.4, -0.2) is 38.5 Å². The second kappa shape index (κ2) is 7.57. The van der Waals surface area contributed by atoms with Gasteiger partial charge in [-0.2, -0.15) is 0 Å². The average molecular weight is 324 g/mol. The number of nitrogens with one attached hydrogen (secondary N) is 1. The number of rotatable bonds is 6. The van der Waals surface area contributed by atoms with Gasteiger partial charge in [0.05, 0.1) is 4.90 Å². The summed E-state index contributed by atoms with van der Waals surface area (Å²) >= 11 is 0. The van der Waals surface area contributed by atoms with E-state index in [9.17, 15) is 8.42 Å². The fraction of sp³-hybridized carbons (Fsp3) is 0.647. The van der Waals surface area contributed by atoms with Gasteiger partial charge in [0, 0.05) is 12.1 Å². The molecule has 0 saturated heterocycles. The first kappa shape index (κ1) is 17.4. The van der Waals surface area contributed by atoms with E-state index < -0.39 is 10.0 Å². The fourth-order valence-electron chi connectivity index (χ4n) is 3.36. The maximum atomic E-state index is 12.6. The van der Waals surface area contributed by atoms with Crippen LogP contribution < -0.4 is 4.72 Å². The third-order valence-electron chi connectivity index (χ3n) is 4.65. The van der Waals surface area contributed by atoms with Crippen molar-refractivity contribution in [3.8, 4) is 0 Å². The monoisotopic (exact) mass is 324 g/mol. The van der Waals surface area contributed by atoms with Crippen LogP contribution in [0.15, 0.2) is 29.2 Å². The molecule has 1 aliphatic rings. The molecule has 0 spiro atoms. The molecule has 1 fully saturated rings. The predicted octanol–water partition coefficient (Wildman–Crippen LogP) is 2.93. The molecule has 0 heterocycles. The fourth-order valence-corrected chi connectivity index (χ4v) is 4.67. The molecule has 0 aromatic heterocycles. The van der Waals surface area contributed by atoms with Crippen LogP contribution in [0, 0.1) is 6.92 Å². The van der Waals surface area contributed by atoms with Gasteiger partial charge < -0.3 is 0 Å². The second-order valence-electron chi connectivity index (χ2n) is 6.11. The van der Waals surface area contributed by atoms with Crippen LogP contribution in [0.1, 0.15) is 45.1 Å². The van der Waals surface area contributed by atoms with Crippen molar-refractivity contribution in [2.45, 2.75) is 63.4 Å². The van der Waals surface area contributed by atoms with Gasteiger partial charge in [0.25, 0.3) is 0 Å². The standard InChI is InChI=1S/C17H28N2O2S/c1-4-19(5-2)17-9-7-6-8-16(17)18-22(20,21)15-12-10-14(3)11-13-15/h10-13,16-18H,4-9H2,1-3H3/t16-,17-/m1/s1. The van der Waals surface area contributed by atoms with Crippen molar-refractivity contribution in [2.75, 3.05) is 13.1 Å². The number of hydrogen-bond donors (Lipinski definition) is 1. The number of hydrogen-bond acceptors (Lipinski definition) is 3. The summed E-state index contributed by atoms with van der Waals surface area (Å²) in [6, 6.07) is 7.39. The first-order valence-corrected chi connectivity index (χ1v) is 9.79. The Labute approximate surface area is 135 Å². The Morgan fingerprint density at radius 3 is 2.27 bits per heavy atom. The molecule has 0 unspecified atom stereocenters. The quantitative estimate of drug-likeness (QED) is 0.875. The van der Waals surface area contributed by atoms with E-state index in [0.29, 0.717) is 10.9 Å². The van der Waals surface area contributed by atoms with Crippen molar-refractivity contribution >= 4 is 10.0 Å². The lowest BCUT2D eigenvalue weighted by molar-refractivity contribution is 0.144. The Bertz CT molecular complexity index is 565. The van der Waals surface area contributed by atoms with Gasteiger partial charge in [-0.05, 0) is 45.0 Å². The van der Waals surface area contributed by atoms with Crippen LogP contribution in [-0.2, 0) is 10.0 Å². The van der Waals surface area contributed by atoms with Gasteiger partial charge in [-0.25, -0.2) is 13.1 Å². The van der Waals surface area contributed by atoms with Crippen LogP contribution in [0.3, 0.4) is 0 Å². The smallest absolute Gasteiger partial charge is 0.240 e. The summed E-state index contributed by atoms with van der Waals surface area (Å²) in [5, 5.41) is 0. The third kappa shape index (κ3) is 4.09. The summed E-state index contributed by atoms with van der Waals surface area (Å²) in [5.41, 5.74) is 1.07. The highest BCUT2D eigenvalue weighted by Gasteiger charge is 2.32. The van der Waals surface area contributed by atoms with Crippen molar-refractivity contribution in [3.05, 3.63) is 29.8 Å². The van der Waals surface area contributed by atoms with E-state index in [2.05, 4.69) is 23.5 Å².